The molecule has 1 aromatic heterocycles. The smallest absolute Gasteiger partial charge is 0.266 e. The summed E-state index contributed by atoms with van der Waals surface area (Å²) in [7, 11) is 1.63. The Labute approximate surface area is 117 Å². The lowest BCUT2D eigenvalue weighted by Gasteiger charge is -2.06. The number of H-pyrrole nitrogens is 1. The number of pyridine rings is 1. The lowest BCUT2D eigenvalue weighted by molar-refractivity contribution is 0.414. The van der Waals surface area contributed by atoms with Crippen molar-refractivity contribution < 1.29 is 4.74 Å². The molecule has 0 aliphatic rings. The highest BCUT2D eigenvalue weighted by Crippen LogP contribution is 2.14. The SMILES string of the molecule is COc1ccc(CCc2cc(C)[nH]c(=O)c2C#N)cc1. The molecule has 0 saturated heterocycles. The third-order valence-electron chi connectivity index (χ3n) is 3.20. The van der Waals surface area contributed by atoms with E-state index in [1.807, 2.05) is 43.3 Å². The van der Waals surface area contributed by atoms with E-state index in [4.69, 9.17) is 10.00 Å². The second-order valence-corrected chi connectivity index (χ2v) is 4.64. The maximum atomic E-state index is 11.7. The first-order chi connectivity index (χ1) is 9.63. The Morgan fingerprint density at radius 1 is 1.25 bits per heavy atom. The van der Waals surface area contributed by atoms with Crippen molar-refractivity contribution in [1.29, 1.82) is 5.26 Å². The second-order valence-electron chi connectivity index (χ2n) is 4.64. The number of aryl methyl sites for hydroxylation is 3. The Morgan fingerprint density at radius 2 is 1.95 bits per heavy atom. The van der Waals surface area contributed by atoms with Crippen LogP contribution in [-0.2, 0) is 12.8 Å². The van der Waals surface area contributed by atoms with Crippen molar-refractivity contribution in [2.75, 3.05) is 7.11 Å². The summed E-state index contributed by atoms with van der Waals surface area (Å²) in [6.07, 6.45) is 1.45. The summed E-state index contributed by atoms with van der Waals surface area (Å²) in [4.78, 5) is 14.3. The predicted octanol–water partition coefficient (Wildman–Crippen LogP) is 2.35. The van der Waals surface area contributed by atoms with Crippen molar-refractivity contribution in [3.05, 3.63) is 63.1 Å². The Bertz CT molecular complexity index is 694. The van der Waals surface area contributed by atoms with E-state index in [0.717, 1.165) is 29.0 Å². The van der Waals surface area contributed by atoms with Gasteiger partial charge in [0.2, 0.25) is 0 Å². The Morgan fingerprint density at radius 3 is 2.55 bits per heavy atom. The summed E-state index contributed by atoms with van der Waals surface area (Å²) in [5, 5.41) is 9.07. The van der Waals surface area contributed by atoms with E-state index in [-0.39, 0.29) is 11.1 Å². The minimum atomic E-state index is -0.308. The molecule has 1 heterocycles. The normalized spacial score (nSPS) is 10.1. The lowest BCUT2D eigenvalue weighted by atomic mass is 10.0. The molecule has 2 aromatic rings. The van der Waals surface area contributed by atoms with Gasteiger partial charge in [-0.2, -0.15) is 5.26 Å². The first-order valence-electron chi connectivity index (χ1n) is 6.40. The van der Waals surface area contributed by atoms with Crippen molar-refractivity contribution in [2.45, 2.75) is 19.8 Å². The van der Waals surface area contributed by atoms with Crippen LogP contribution in [0, 0.1) is 18.3 Å². The van der Waals surface area contributed by atoms with E-state index in [0.29, 0.717) is 6.42 Å². The summed E-state index contributed by atoms with van der Waals surface area (Å²) in [6, 6.07) is 11.6. The molecule has 4 nitrogen and oxygen atoms in total. The van der Waals surface area contributed by atoms with E-state index < -0.39 is 0 Å². The monoisotopic (exact) mass is 268 g/mol. The fourth-order valence-corrected chi connectivity index (χ4v) is 2.15. The summed E-state index contributed by atoms with van der Waals surface area (Å²) in [5.74, 6) is 0.818. The molecule has 0 unspecified atom stereocenters. The average molecular weight is 268 g/mol. The van der Waals surface area contributed by atoms with E-state index in [1.165, 1.54) is 0 Å². The van der Waals surface area contributed by atoms with Gasteiger partial charge in [0.1, 0.15) is 17.4 Å². The number of methoxy groups -OCH3 is 1. The van der Waals surface area contributed by atoms with Crippen LogP contribution < -0.4 is 10.3 Å². The molecule has 2 rings (SSSR count). The topological polar surface area (TPSA) is 65.9 Å². The molecule has 0 amide bonds. The van der Waals surface area contributed by atoms with Gasteiger partial charge in [0.05, 0.1) is 7.11 Å². The van der Waals surface area contributed by atoms with Crippen LogP contribution in [0.5, 0.6) is 5.75 Å². The molecule has 0 aliphatic carbocycles. The van der Waals surface area contributed by atoms with Crippen LogP contribution in [-0.4, -0.2) is 12.1 Å². The maximum Gasteiger partial charge on any atom is 0.266 e. The quantitative estimate of drug-likeness (QED) is 0.925. The lowest BCUT2D eigenvalue weighted by Crippen LogP contribution is -2.14. The summed E-state index contributed by atoms with van der Waals surface area (Å²) < 4.78 is 5.11. The number of hydrogen-bond donors (Lipinski definition) is 1. The molecular formula is C16H16N2O2. The van der Waals surface area contributed by atoms with Crippen LogP contribution in [0.2, 0.25) is 0 Å². The molecule has 0 bridgehead atoms. The molecule has 1 N–H and O–H groups in total. The van der Waals surface area contributed by atoms with Crippen molar-refractivity contribution in [3.63, 3.8) is 0 Å². The van der Waals surface area contributed by atoms with Gasteiger partial charge in [-0.1, -0.05) is 12.1 Å². The molecule has 0 aliphatic heterocycles. The largest absolute Gasteiger partial charge is 0.497 e. The number of aromatic amines is 1. The number of benzene rings is 1. The van der Waals surface area contributed by atoms with Gasteiger partial charge in [-0.05, 0) is 49.1 Å². The number of nitriles is 1. The third kappa shape index (κ3) is 3.07. The first kappa shape index (κ1) is 13.9. The number of ether oxygens (including phenoxy) is 1. The van der Waals surface area contributed by atoms with Gasteiger partial charge in [-0.25, -0.2) is 0 Å². The van der Waals surface area contributed by atoms with Gasteiger partial charge in [-0.15, -0.1) is 0 Å². The summed E-state index contributed by atoms with van der Waals surface area (Å²) in [5.41, 5.74) is 2.62. The van der Waals surface area contributed by atoms with Gasteiger partial charge in [0.15, 0.2) is 0 Å². The van der Waals surface area contributed by atoms with Gasteiger partial charge >= 0.3 is 0 Å². The van der Waals surface area contributed by atoms with Crippen LogP contribution >= 0.6 is 0 Å². The maximum absolute atomic E-state index is 11.7. The number of nitrogens with zero attached hydrogens (tertiary/aromatic N) is 1. The standard InChI is InChI=1S/C16H16N2O2/c1-11-9-13(15(10-17)16(19)18-11)6-3-12-4-7-14(20-2)8-5-12/h4-5,7-9H,3,6H2,1-2H3,(H,18,19). The van der Waals surface area contributed by atoms with Crippen molar-refractivity contribution in [2.24, 2.45) is 0 Å². The molecule has 20 heavy (non-hydrogen) atoms. The number of aromatic nitrogens is 1. The van der Waals surface area contributed by atoms with Crippen LogP contribution in [0.25, 0.3) is 0 Å². The zero-order valence-corrected chi connectivity index (χ0v) is 11.6. The Kier molecular flexibility index (Phi) is 4.21. The van der Waals surface area contributed by atoms with Crippen molar-refractivity contribution >= 4 is 0 Å². The van der Waals surface area contributed by atoms with Crippen molar-refractivity contribution in [3.8, 4) is 11.8 Å². The third-order valence-corrected chi connectivity index (χ3v) is 3.20. The molecular weight excluding hydrogens is 252 g/mol. The second kappa shape index (κ2) is 6.07. The molecule has 4 heteroatoms. The number of rotatable bonds is 4. The van der Waals surface area contributed by atoms with Gasteiger partial charge in [-0.3, -0.25) is 4.79 Å². The average Bonchev–Trinajstić information content (AvgIpc) is 2.45. The molecule has 0 fully saturated rings. The number of nitrogens with one attached hydrogen (secondary N) is 1. The molecule has 0 radical (unpaired) electrons. The van der Waals surface area contributed by atoms with E-state index in [9.17, 15) is 4.79 Å². The zero-order chi connectivity index (χ0) is 14.5. The van der Waals surface area contributed by atoms with Gasteiger partial charge in [0, 0.05) is 5.69 Å². The zero-order valence-electron chi connectivity index (χ0n) is 11.6. The van der Waals surface area contributed by atoms with Crippen molar-refractivity contribution in [1.82, 2.24) is 4.98 Å². The minimum absolute atomic E-state index is 0.212. The molecule has 102 valence electrons. The fraction of sp³-hybridized carbons (Fsp3) is 0.250. The highest BCUT2D eigenvalue weighted by Gasteiger charge is 2.08. The van der Waals surface area contributed by atoms with Crippen LogP contribution in [0.3, 0.4) is 0 Å². The minimum Gasteiger partial charge on any atom is -0.497 e. The highest BCUT2D eigenvalue weighted by molar-refractivity contribution is 5.37. The van der Waals surface area contributed by atoms with E-state index in [1.54, 1.807) is 7.11 Å². The van der Waals surface area contributed by atoms with Crippen LogP contribution in [0.4, 0.5) is 0 Å². The van der Waals surface area contributed by atoms with E-state index in [2.05, 4.69) is 4.98 Å². The predicted molar refractivity (Wildman–Crippen MR) is 76.9 cm³/mol. The van der Waals surface area contributed by atoms with Crippen LogP contribution in [0.1, 0.15) is 22.4 Å². The highest BCUT2D eigenvalue weighted by atomic mass is 16.5. The molecule has 0 saturated carbocycles. The Hall–Kier alpha value is -2.54. The first-order valence-corrected chi connectivity index (χ1v) is 6.40. The van der Waals surface area contributed by atoms with Crippen LogP contribution in [0.15, 0.2) is 35.1 Å². The molecule has 0 spiro atoms. The molecule has 1 aromatic carbocycles. The van der Waals surface area contributed by atoms with E-state index >= 15 is 0 Å². The van der Waals surface area contributed by atoms with Gasteiger partial charge in [0.25, 0.3) is 5.56 Å². The summed E-state index contributed by atoms with van der Waals surface area (Å²) in [6.45, 7) is 1.82. The molecule has 0 atom stereocenters. The fourth-order valence-electron chi connectivity index (χ4n) is 2.15. The van der Waals surface area contributed by atoms with Gasteiger partial charge < -0.3 is 9.72 Å². The number of hydrogen-bond acceptors (Lipinski definition) is 3. The summed E-state index contributed by atoms with van der Waals surface area (Å²) >= 11 is 0. The Balaban J connectivity index is 2.18.